The third kappa shape index (κ3) is 1.72. The van der Waals surface area contributed by atoms with Gasteiger partial charge in [0.15, 0.2) is 0 Å². The lowest BCUT2D eigenvalue weighted by Gasteiger charge is -2.17. The smallest absolute Gasteiger partial charge is 0.0848 e. The van der Waals surface area contributed by atoms with Gasteiger partial charge >= 0.3 is 0 Å². The van der Waals surface area contributed by atoms with Crippen LogP contribution in [0.1, 0.15) is 11.7 Å². The fraction of sp³-hybridized carbons (Fsp3) is 0.176. The average molecular weight is 248 g/mol. The normalized spacial score (nSPS) is 16.4. The Kier molecular flexibility index (Phi) is 2.50. The summed E-state index contributed by atoms with van der Waals surface area (Å²) in [6.45, 7) is 2.06. The van der Waals surface area contributed by atoms with E-state index in [1.54, 1.807) is 0 Å². The molecule has 0 atom stereocenters. The molecule has 2 N–H and O–H groups in total. The summed E-state index contributed by atoms with van der Waals surface area (Å²) in [5.74, 6) is 0. The van der Waals surface area contributed by atoms with Crippen LogP contribution in [0.3, 0.4) is 0 Å². The molecule has 2 heteroatoms. The Morgan fingerprint density at radius 2 is 1.26 bits per heavy atom. The molecule has 1 saturated heterocycles. The zero-order chi connectivity index (χ0) is 12.7. The first-order valence-corrected chi connectivity index (χ1v) is 6.81. The summed E-state index contributed by atoms with van der Waals surface area (Å²) in [6, 6.07) is 19.6. The van der Waals surface area contributed by atoms with Crippen molar-refractivity contribution < 1.29 is 0 Å². The zero-order valence-corrected chi connectivity index (χ0v) is 10.7. The van der Waals surface area contributed by atoms with E-state index in [-0.39, 0.29) is 6.17 Å². The van der Waals surface area contributed by atoms with Crippen LogP contribution < -0.4 is 10.6 Å². The third-order valence-electron chi connectivity index (χ3n) is 3.92. The molecule has 0 saturated carbocycles. The van der Waals surface area contributed by atoms with E-state index in [9.17, 15) is 0 Å². The van der Waals surface area contributed by atoms with Crippen molar-refractivity contribution >= 4 is 21.5 Å². The predicted molar refractivity (Wildman–Crippen MR) is 80.2 cm³/mol. The van der Waals surface area contributed by atoms with Crippen LogP contribution >= 0.6 is 0 Å². The third-order valence-corrected chi connectivity index (χ3v) is 3.92. The van der Waals surface area contributed by atoms with Gasteiger partial charge in [-0.05, 0) is 33.2 Å². The summed E-state index contributed by atoms with van der Waals surface area (Å²) in [6.07, 6.45) is 0.260. The summed E-state index contributed by atoms with van der Waals surface area (Å²) in [4.78, 5) is 0. The Morgan fingerprint density at radius 1 is 0.737 bits per heavy atom. The second kappa shape index (κ2) is 4.34. The van der Waals surface area contributed by atoms with Gasteiger partial charge in [-0.3, -0.25) is 10.6 Å². The molecular weight excluding hydrogens is 232 g/mol. The lowest BCUT2D eigenvalue weighted by molar-refractivity contribution is 0.597. The van der Waals surface area contributed by atoms with E-state index in [0.29, 0.717) is 0 Å². The Balaban J connectivity index is 2.13. The lowest BCUT2D eigenvalue weighted by Crippen LogP contribution is -2.21. The van der Waals surface area contributed by atoms with Gasteiger partial charge in [-0.25, -0.2) is 0 Å². The first-order valence-electron chi connectivity index (χ1n) is 6.81. The highest BCUT2D eigenvalue weighted by atomic mass is 15.2. The van der Waals surface area contributed by atoms with Gasteiger partial charge in [0.05, 0.1) is 6.17 Å². The molecule has 4 rings (SSSR count). The second-order valence-corrected chi connectivity index (χ2v) is 5.07. The molecule has 0 amide bonds. The average Bonchev–Trinajstić information content (AvgIpc) is 2.98. The van der Waals surface area contributed by atoms with Crippen molar-refractivity contribution in [2.24, 2.45) is 0 Å². The second-order valence-electron chi connectivity index (χ2n) is 5.07. The van der Waals surface area contributed by atoms with E-state index in [0.717, 1.165) is 13.1 Å². The van der Waals surface area contributed by atoms with Gasteiger partial charge in [-0.15, -0.1) is 0 Å². The minimum absolute atomic E-state index is 0.260. The van der Waals surface area contributed by atoms with Crippen molar-refractivity contribution in [1.29, 1.82) is 0 Å². The molecule has 0 unspecified atom stereocenters. The first-order chi connectivity index (χ1) is 9.43. The van der Waals surface area contributed by atoms with Crippen LogP contribution in [-0.2, 0) is 0 Å². The van der Waals surface area contributed by atoms with Gasteiger partial charge in [0.2, 0.25) is 0 Å². The van der Waals surface area contributed by atoms with Crippen molar-refractivity contribution in [2.75, 3.05) is 13.1 Å². The highest BCUT2D eigenvalue weighted by Gasteiger charge is 2.20. The number of benzene rings is 3. The summed E-state index contributed by atoms with van der Waals surface area (Å²) in [7, 11) is 0. The van der Waals surface area contributed by atoms with Gasteiger partial charge in [0.1, 0.15) is 0 Å². The fourth-order valence-corrected chi connectivity index (χ4v) is 3.07. The summed E-state index contributed by atoms with van der Waals surface area (Å²) in [5.41, 5.74) is 1.38. The van der Waals surface area contributed by atoms with E-state index in [1.807, 2.05) is 0 Å². The van der Waals surface area contributed by atoms with Crippen LogP contribution in [0, 0.1) is 0 Å². The van der Waals surface area contributed by atoms with Crippen LogP contribution in [0.5, 0.6) is 0 Å². The monoisotopic (exact) mass is 248 g/mol. The summed E-state index contributed by atoms with van der Waals surface area (Å²) in [5, 5.41) is 12.4. The van der Waals surface area contributed by atoms with E-state index in [1.165, 1.54) is 27.1 Å². The van der Waals surface area contributed by atoms with Gasteiger partial charge in [0.25, 0.3) is 0 Å². The molecule has 0 aliphatic carbocycles. The molecule has 0 radical (unpaired) electrons. The topological polar surface area (TPSA) is 24.1 Å². The Morgan fingerprint density at radius 3 is 1.84 bits per heavy atom. The molecule has 3 aromatic rings. The molecule has 1 aliphatic rings. The fourth-order valence-electron chi connectivity index (χ4n) is 3.07. The maximum atomic E-state index is 3.55. The van der Waals surface area contributed by atoms with Crippen molar-refractivity contribution in [1.82, 2.24) is 10.6 Å². The molecule has 1 heterocycles. The Labute approximate surface area is 112 Å². The molecule has 19 heavy (non-hydrogen) atoms. The molecule has 2 nitrogen and oxygen atoms in total. The number of hydrogen-bond donors (Lipinski definition) is 2. The quantitative estimate of drug-likeness (QED) is 0.646. The Bertz CT molecular complexity index is 688. The summed E-state index contributed by atoms with van der Waals surface area (Å²) < 4.78 is 0. The molecule has 0 bridgehead atoms. The molecule has 94 valence electrons. The SMILES string of the molecule is c1ccc2c(C3NCCN3)c3ccccc3cc2c1. The van der Waals surface area contributed by atoms with E-state index >= 15 is 0 Å². The van der Waals surface area contributed by atoms with Gasteiger partial charge in [-0.2, -0.15) is 0 Å². The number of nitrogens with one attached hydrogen (secondary N) is 2. The molecular formula is C17H16N2. The predicted octanol–water partition coefficient (Wildman–Crippen LogP) is 3.18. The molecule has 0 spiro atoms. The van der Waals surface area contributed by atoms with Crippen LogP contribution in [0.2, 0.25) is 0 Å². The van der Waals surface area contributed by atoms with E-state index in [4.69, 9.17) is 0 Å². The van der Waals surface area contributed by atoms with Crippen LogP contribution in [-0.4, -0.2) is 13.1 Å². The lowest BCUT2D eigenvalue weighted by atomic mass is 9.95. The molecule has 1 aliphatic heterocycles. The van der Waals surface area contributed by atoms with Gasteiger partial charge in [-0.1, -0.05) is 48.5 Å². The maximum Gasteiger partial charge on any atom is 0.0848 e. The van der Waals surface area contributed by atoms with Gasteiger partial charge in [0, 0.05) is 13.1 Å². The standard InChI is InChI=1S/C17H16N2/c1-3-7-14-12(5-1)11-13-6-2-4-8-15(13)16(14)17-18-9-10-19-17/h1-8,11,17-19H,9-10H2. The van der Waals surface area contributed by atoms with Crippen molar-refractivity contribution in [3.63, 3.8) is 0 Å². The minimum atomic E-state index is 0.260. The molecule has 1 fully saturated rings. The highest BCUT2D eigenvalue weighted by Crippen LogP contribution is 2.32. The zero-order valence-electron chi connectivity index (χ0n) is 10.7. The maximum absolute atomic E-state index is 3.55. The minimum Gasteiger partial charge on any atom is -0.297 e. The largest absolute Gasteiger partial charge is 0.297 e. The molecule has 0 aromatic heterocycles. The van der Waals surface area contributed by atoms with Gasteiger partial charge < -0.3 is 0 Å². The summed E-state index contributed by atoms with van der Waals surface area (Å²) >= 11 is 0. The van der Waals surface area contributed by atoms with Crippen molar-refractivity contribution in [3.8, 4) is 0 Å². The van der Waals surface area contributed by atoms with Crippen LogP contribution in [0.25, 0.3) is 21.5 Å². The first kappa shape index (κ1) is 11.0. The Hall–Kier alpha value is -1.90. The van der Waals surface area contributed by atoms with Crippen LogP contribution in [0.4, 0.5) is 0 Å². The van der Waals surface area contributed by atoms with Crippen molar-refractivity contribution in [3.05, 3.63) is 60.2 Å². The number of hydrogen-bond acceptors (Lipinski definition) is 2. The molecule has 3 aromatic carbocycles. The van der Waals surface area contributed by atoms with E-state index < -0.39 is 0 Å². The number of fused-ring (bicyclic) bond motifs is 2. The number of rotatable bonds is 1. The highest BCUT2D eigenvalue weighted by molar-refractivity contribution is 6.02. The van der Waals surface area contributed by atoms with Crippen LogP contribution in [0.15, 0.2) is 54.6 Å². The van der Waals surface area contributed by atoms with Crippen molar-refractivity contribution in [2.45, 2.75) is 6.17 Å². The van der Waals surface area contributed by atoms with E-state index in [2.05, 4.69) is 65.2 Å².